The summed E-state index contributed by atoms with van der Waals surface area (Å²) in [5.74, 6) is 0.830. The first-order valence-corrected chi connectivity index (χ1v) is 6.73. The number of aryl methyl sites for hydroxylation is 2. The van der Waals surface area contributed by atoms with Crippen LogP contribution in [0.5, 0.6) is 0 Å². The molecule has 102 valence electrons. The van der Waals surface area contributed by atoms with Crippen LogP contribution in [0, 0.1) is 6.92 Å². The largest absolute Gasteiger partial charge is 0.300 e. The molecule has 20 heavy (non-hydrogen) atoms. The molecule has 3 rings (SSSR count). The van der Waals surface area contributed by atoms with Crippen LogP contribution in [0.4, 0.5) is 0 Å². The third kappa shape index (κ3) is 2.01. The first-order valence-electron chi connectivity index (χ1n) is 6.73. The van der Waals surface area contributed by atoms with Gasteiger partial charge in [0.15, 0.2) is 0 Å². The molecule has 0 saturated heterocycles. The Kier molecular flexibility index (Phi) is 3.10. The number of benzene rings is 1. The maximum Gasteiger partial charge on any atom is 0.300 e. The van der Waals surface area contributed by atoms with Gasteiger partial charge < -0.3 is 0 Å². The average Bonchev–Trinajstić information content (AvgIpc) is 2.84. The average molecular weight is 268 g/mol. The zero-order valence-electron chi connectivity index (χ0n) is 11.6. The van der Waals surface area contributed by atoms with Crippen molar-refractivity contribution in [2.24, 2.45) is 0 Å². The fraction of sp³-hybridized carbons (Fsp3) is 0.267. The summed E-state index contributed by atoms with van der Waals surface area (Å²) in [6, 6.07) is 7.83. The number of aromatic nitrogens is 4. The molecule has 2 aromatic heterocycles. The van der Waals surface area contributed by atoms with E-state index in [0.29, 0.717) is 5.65 Å². The van der Waals surface area contributed by atoms with Gasteiger partial charge in [0.2, 0.25) is 5.65 Å². The van der Waals surface area contributed by atoms with Gasteiger partial charge in [-0.1, -0.05) is 19.1 Å². The van der Waals surface area contributed by atoms with Crippen LogP contribution in [0.3, 0.4) is 0 Å². The lowest BCUT2D eigenvalue weighted by Gasteiger charge is -2.07. The molecular formula is C15H16N4O. The summed E-state index contributed by atoms with van der Waals surface area (Å²) >= 11 is 0. The molecule has 5 heteroatoms. The first kappa shape index (κ1) is 12.6. The van der Waals surface area contributed by atoms with E-state index in [-0.39, 0.29) is 5.56 Å². The summed E-state index contributed by atoms with van der Waals surface area (Å²) in [6.07, 6.45) is 5.41. The van der Waals surface area contributed by atoms with Gasteiger partial charge in [0.05, 0.1) is 0 Å². The molecule has 2 heterocycles. The Bertz CT molecular complexity index is 816. The molecule has 5 nitrogen and oxygen atoms in total. The lowest BCUT2D eigenvalue weighted by atomic mass is 10.2. The highest BCUT2D eigenvalue weighted by Gasteiger charge is 2.10. The molecule has 0 aliphatic heterocycles. The van der Waals surface area contributed by atoms with Gasteiger partial charge in [-0.25, -0.2) is 0 Å². The highest BCUT2D eigenvalue weighted by atomic mass is 16.1. The van der Waals surface area contributed by atoms with Crippen molar-refractivity contribution in [2.75, 3.05) is 0 Å². The Balaban J connectivity index is 2.20. The van der Waals surface area contributed by atoms with Crippen LogP contribution >= 0.6 is 0 Å². The molecule has 0 atom stereocenters. The van der Waals surface area contributed by atoms with E-state index in [2.05, 4.69) is 17.1 Å². The molecule has 3 aromatic rings. The van der Waals surface area contributed by atoms with Crippen LogP contribution in [0.2, 0.25) is 0 Å². The van der Waals surface area contributed by atoms with Crippen molar-refractivity contribution < 1.29 is 0 Å². The summed E-state index contributed by atoms with van der Waals surface area (Å²) in [7, 11) is 0. The summed E-state index contributed by atoms with van der Waals surface area (Å²) in [5, 5.41) is 8.12. The normalized spacial score (nSPS) is 11.1. The summed E-state index contributed by atoms with van der Waals surface area (Å²) in [6.45, 7) is 4.08. The molecule has 0 fully saturated rings. The molecule has 0 aliphatic rings. The first-order chi connectivity index (χ1) is 9.70. The second-order valence-electron chi connectivity index (χ2n) is 4.87. The molecular weight excluding hydrogens is 252 g/mol. The van der Waals surface area contributed by atoms with Gasteiger partial charge in [0.25, 0.3) is 0 Å². The van der Waals surface area contributed by atoms with Crippen LogP contribution in [0.15, 0.2) is 41.5 Å². The van der Waals surface area contributed by atoms with E-state index in [1.165, 1.54) is 0 Å². The summed E-state index contributed by atoms with van der Waals surface area (Å²) in [5.41, 5.74) is 2.19. The Hall–Kier alpha value is -2.43. The third-order valence-electron chi connectivity index (χ3n) is 3.29. The van der Waals surface area contributed by atoms with Crippen molar-refractivity contribution in [3.63, 3.8) is 0 Å². The molecule has 0 N–H and O–H groups in total. The molecule has 1 aromatic carbocycles. The smallest absolute Gasteiger partial charge is 0.280 e. The van der Waals surface area contributed by atoms with Gasteiger partial charge in [-0.3, -0.25) is 13.8 Å². The minimum absolute atomic E-state index is 0.145. The minimum atomic E-state index is -0.145. The highest BCUT2D eigenvalue weighted by molar-refractivity contribution is 5.41. The maximum atomic E-state index is 12.5. The Morgan fingerprint density at radius 2 is 2.05 bits per heavy atom. The van der Waals surface area contributed by atoms with E-state index in [9.17, 15) is 4.79 Å². The molecule has 0 bridgehead atoms. The molecule has 0 amide bonds. The van der Waals surface area contributed by atoms with Crippen LogP contribution in [-0.2, 0) is 6.42 Å². The molecule has 0 radical (unpaired) electrons. The Labute approximate surface area is 116 Å². The van der Waals surface area contributed by atoms with E-state index in [0.717, 1.165) is 29.9 Å². The van der Waals surface area contributed by atoms with Gasteiger partial charge in [0, 0.05) is 24.5 Å². The molecule has 0 saturated carbocycles. The fourth-order valence-corrected chi connectivity index (χ4v) is 2.31. The topological polar surface area (TPSA) is 52.2 Å². The van der Waals surface area contributed by atoms with Gasteiger partial charge in [-0.05, 0) is 31.0 Å². The Morgan fingerprint density at radius 3 is 2.80 bits per heavy atom. The van der Waals surface area contributed by atoms with Gasteiger partial charge in [-0.2, -0.15) is 0 Å². The van der Waals surface area contributed by atoms with Crippen LogP contribution in [0.1, 0.15) is 24.7 Å². The second kappa shape index (κ2) is 4.92. The highest BCUT2D eigenvalue weighted by Crippen LogP contribution is 2.09. The predicted octanol–water partition coefficient (Wildman–Crippen LogP) is 2.14. The van der Waals surface area contributed by atoms with Crippen molar-refractivity contribution >= 4 is 5.65 Å². The van der Waals surface area contributed by atoms with E-state index < -0.39 is 0 Å². The number of fused-ring (bicyclic) bond motifs is 1. The fourth-order valence-electron chi connectivity index (χ4n) is 2.31. The number of rotatable bonds is 3. The van der Waals surface area contributed by atoms with Gasteiger partial charge in [0.1, 0.15) is 5.82 Å². The van der Waals surface area contributed by atoms with Crippen LogP contribution < -0.4 is 5.56 Å². The van der Waals surface area contributed by atoms with Crippen molar-refractivity contribution in [1.82, 2.24) is 19.2 Å². The van der Waals surface area contributed by atoms with E-state index in [1.54, 1.807) is 15.2 Å². The summed E-state index contributed by atoms with van der Waals surface area (Å²) < 4.78 is 3.38. The van der Waals surface area contributed by atoms with Crippen molar-refractivity contribution in [3.8, 4) is 5.69 Å². The van der Waals surface area contributed by atoms with E-state index in [4.69, 9.17) is 0 Å². The van der Waals surface area contributed by atoms with E-state index in [1.807, 2.05) is 37.4 Å². The number of hydrogen-bond acceptors (Lipinski definition) is 3. The van der Waals surface area contributed by atoms with Crippen LogP contribution in [0.25, 0.3) is 11.3 Å². The van der Waals surface area contributed by atoms with Gasteiger partial charge in [-0.15, -0.1) is 10.2 Å². The second-order valence-corrected chi connectivity index (χ2v) is 4.87. The lowest BCUT2D eigenvalue weighted by molar-refractivity contribution is 0.812. The SMILES string of the molecule is CCCc1nnc2c(=O)n(-c3cccc(C)c3)ccn12. The van der Waals surface area contributed by atoms with E-state index >= 15 is 0 Å². The van der Waals surface area contributed by atoms with Crippen molar-refractivity contribution in [3.05, 3.63) is 58.4 Å². The third-order valence-corrected chi connectivity index (χ3v) is 3.29. The van der Waals surface area contributed by atoms with Crippen molar-refractivity contribution in [2.45, 2.75) is 26.7 Å². The standard InChI is InChI=1S/C15H16N4O/c1-3-5-13-16-17-14-15(20)18(8-9-19(13)14)12-7-4-6-11(2)10-12/h4,6-10H,3,5H2,1-2H3. The molecule has 0 unspecified atom stereocenters. The summed E-state index contributed by atoms with van der Waals surface area (Å²) in [4.78, 5) is 12.5. The molecule has 0 aliphatic carbocycles. The lowest BCUT2D eigenvalue weighted by Crippen LogP contribution is -2.20. The Morgan fingerprint density at radius 1 is 1.20 bits per heavy atom. The van der Waals surface area contributed by atoms with Gasteiger partial charge >= 0.3 is 5.56 Å². The molecule has 0 spiro atoms. The maximum absolute atomic E-state index is 12.5. The number of hydrogen-bond donors (Lipinski definition) is 0. The van der Waals surface area contributed by atoms with Crippen molar-refractivity contribution in [1.29, 1.82) is 0 Å². The minimum Gasteiger partial charge on any atom is -0.280 e. The zero-order valence-corrected chi connectivity index (χ0v) is 11.6. The predicted molar refractivity (Wildman–Crippen MR) is 77.3 cm³/mol. The number of nitrogens with zero attached hydrogens (tertiary/aromatic N) is 4. The quantitative estimate of drug-likeness (QED) is 0.731. The van der Waals surface area contributed by atoms with Crippen LogP contribution in [-0.4, -0.2) is 19.2 Å². The monoisotopic (exact) mass is 268 g/mol. The zero-order chi connectivity index (χ0) is 14.1.